The molecule has 0 radical (unpaired) electrons. The van der Waals surface area contributed by atoms with Crippen LogP contribution in [-0.2, 0) is 4.79 Å². The summed E-state index contributed by atoms with van der Waals surface area (Å²) in [5.41, 5.74) is 5.16. The lowest BCUT2D eigenvalue weighted by Crippen LogP contribution is -2.53. The Balaban J connectivity index is 0. The minimum Gasteiger partial charge on any atom is -0.339 e. The van der Waals surface area contributed by atoms with Gasteiger partial charge in [-0.15, -0.1) is 24.8 Å². The summed E-state index contributed by atoms with van der Waals surface area (Å²) in [4.78, 5) is 13.9. The Hall–Kier alpha value is -0.310. The molecule has 19 heavy (non-hydrogen) atoms. The van der Waals surface area contributed by atoms with Crippen molar-refractivity contribution in [3.63, 3.8) is 0 Å². The van der Waals surface area contributed by atoms with E-state index < -0.39 is 18.9 Å². The summed E-state index contributed by atoms with van der Waals surface area (Å²) in [5, 5.41) is 0. The molecule has 0 aromatic rings. The van der Waals surface area contributed by atoms with Crippen LogP contribution in [0.4, 0.5) is 17.6 Å². The number of hydrogen-bond donors (Lipinski definition) is 1. The molecular weight excluding hydrogens is 313 g/mol. The molecule has 0 spiro atoms. The molecule has 1 aliphatic rings. The number of halogens is 6. The number of amides is 1. The first-order chi connectivity index (χ1) is 7.86. The smallest absolute Gasteiger partial charge is 0.319 e. The molecular formula is C9H17Cl2F4N3O. The second-order valence-electron chi connectivity index (χ2n) is 3.92. The molecule has 2 N–H and O–H groups in total. The van der Waals surface area contributed by atoms with E-state index >= 15 is 0 Å². The highest BCUT2D eigenvalue weighted by Gasteiger charge is 2.42. The van der Waals surface area contributed by atoms with Crippen molar-refractivity contribution < 1.29 is 22.4 Å². The second-order valence-corrected chi connectivity index (χ2v) is 3.92. The van der Waals surface area contributed by atoms with E-state index in [0.717, 1.165) is 0 Å². The van der Waals surface area contributed by atoms with Gasteiger partial charge in [-0.05, 0) is 0 Å². The van der Waals surface area contributed by atoms with Crippen LogP contribution in [0, 0.1) is 0 Å². The quantitative estimate of drug-likeness (QED) is 0.777. The van der Waals surface area contributed by atoms with Crippen molar-refractivity contribution in [3.8, 4) is 0 Å². The lowest BCUT2D eigenvalue weighted by atomic mass is 10.2. The van der Waals surface area contributed by atoms with Crippen LogP contribution >= 0.6 is 24.8 Å². The van der Waals surface area contributed by atoms with Gasteiger partial charge >= 0.3 is 12.3 Å². The first-order valence-electron chi connectivity index (χ1n) is 5.23. The average Bonchev–Trinajstić information content (AvgIpc) is 2.28. The Morgan fingerprint density at radius 1 is 1.16 bits per heavy atom. The molecule has 1 rings (SSSR count). The summed E-state index contributed by atoms with van der Waals surface area (Å²) in [7, 11) is 0. The topological polar surface area (TPSA) is 49.6 Å². The molecule has 0 aliphatic carbocycles. The van der Waals surface area contributed by atoms with Gasteiger partial charge in [0.2, 0.25) is 5.91 Å². The lowest BCUT2D eigenvalue weighted by Gasteiger charge is -2.35. The minimum atomic E-state index is -4.00. The fourth-order valence-corrected chi connectivity index (χ4v) is 1.65. The van der Waals surface area contributed by atoms with E-state index in [1.54, 1.807) is 0 Å². The molecule has 0 aromatic carbocycles. The Labute approximate surface area is 121 Å². The SMILES string of the molecule is Cl.Cl.NCC(=O)N1CCN(CC(F)(F)C(F)F)CC1. The summed E-state index contributed by atoms with van der Waals surface area (Å²) < 4.78 is 49.5. The standard InChI is InChI=1S/C9H15F4N3O.2ClH/c10-8(11)9(12,13)6-15-1-3-16(4-2-15)7(17)5-14;;/h8H,1-6,14H2;2*1H. The highest BCUT2D eigenvalue weighted by molar-refractivity contribution is 5.85. The molecule has 10 heteroatoms. The van der Waals surface area contributed by atoms with E-state index in [2.05, 4.69) is 0 Å². The van der Waals surface area contributed by atoms with Gasteiger partial charge in [0.1, 0.15) is 0 Å². The van der Waals surface area contributed by atoms with Crippen molar-refractivity contribution in [3.05, 3.63) is 0 Å². The summed E-state index contributed by atoms with van der Waals surface area (Å²) in [6.45, 7) is -0.296. The predicted molar refractivity (Wildman–Crippen MR) is 67.5 cm³/mol. The van der Waals surface area contributed by atoms with Crippen LogP contribution in [0.2, 0.25) is 0 Å². The Bertz CT molecular complexity index is 276. The van der Waals surface area contributed by atoms with E-state index in [-0.39, 0.29) is 63.4 Å². The summed E-state index contributed by atoms with van der Waals surface area (Å²) in [5.74, 6) is -4.26. The van der Waals surface area contributed by atoms with Crippen molar-refractivity contribution in [2.75, 3.05) is 39.3 Å². The monoisotopic (exact) mass is 329 g/mol. The average molecular weight is 330 g/mol. The molecule has 1 aliphatic heterocycles. The van der Waals surface area contributed by atoms with Gasteiger partial charge in [-0.3, -0.25) is 9.69 Å². The van der Waals surface area contributed by atoms with Gasteiger partial charge in [-0.2, -0.15) is 8.78 Å². The van der Waals surface area contributed by atoms with Gasteiger partial charge in [0.05, 0.1) is 13.1 Å². The maximum Gasteiger partial charge on any atom is 0.319 e. The number of nitrogens with zero attached hydrogens (tertiary/aromatic N) is 2. The van der Waals surface area contributed by atoms with Crippen molar-refractivity contribution in [2.24, 2.45) is 5.73 Å². The molecule has 0 aromatic heterocycles. The Kier molecular flexibility index (Phi) is 9.70. The zero-order valence-electron chi connectivity index (χ0n) is 10.0. The third-order valence-corrected chi connectivity index (χ3v) is 2.65. The van der Waals surface area contributed by atoms with Crippen LogP contribution in [0.5, 0.6) is 0 Å². The van der Waals surface area contributed by atoms with Gasteiger partial charge < -0.3 is 10.6 Å². The molecule has 116 valence electrons. The summed E-state index contributed by atoms with van der Waals surface area (Å²) >= 11 is 0. The molecule has 1 saturated heterocycles. The van der Waals surface area contributed by atoms with Crippen molar-refractivity contribution >= 4 is 30.7 Å². The van der Waals surface area contributed by atoms with E-state index in [1.807, 2.05) is 0 Å². The third-order valence-electron chi connectivity index (χ3n) is 2.65. The highest BCUT2D eigenvalue weighted by Crippen LogP contribution is 2.24. The summed E-state index contributed by atoms with van der Waals surface area (Å²) in [6.07, 6.45) is -3.66. The molecule has 4 nitrogen and oxygen atoms in total. The first-order valence-corrected chi connectivity index (χ1v) is 5.23. The summed E-state index contributed by atoms with van der Waals surface area (Å²) in [6, 6.07) is 0. The van der Waals surface area contributed by atoms with Crippen molar-refractivity contribution in [2.45, 2.75) is 12.3 Å². The first kappa shape index (κ1) is 21.0. The zero-order chi connectivity index (χ0) is 13.1. The van der Waals surface area contributed by atoms with Crippen molar-refractivity contribution in [1.29, 1.82) is 0 Å². The molecule has 0 saturated carbocycles. The van der Waals surface area contributed by atoms with Crippen LogP contribution in [0.3, 0.4) is 0 Å². The van der Waals surface area contributed by atoms with E-state index in [1.165, 1.54) is 9.80 Å². The lowest BCUT2D eigenvalue weighted by molar-refractivity contribution is -0.147. The van der Waals surface area contributed by atoms with Crippen LogP contribution in [-0.4, -0.2) is 67.3 Å². The largest absolute Gasteiger partial charge is 0.339 e. The number of rotatable bonds is 4. The maximum absolute atomic E-state index is 12.8. The Morgan fingerprint density at radius 2 is 1.63 bits per heavy atom. The number of nitrogens with two attached hydrogens (primary N) is 1. The molecule has 0 unspecified atom stereocenters. The van der Waals surface area contributed by atoms with E-state index in [4.69, 9.17) is 5.73 Å². The van der Waals surface area contributed by atoms with Gasteiger partial charge in [0.15, 0.2) is 0 Å². The fraction of sp³-hybridized carbons (Fsp3) is 0.889. The number of alkyl halides is 4. The molecule has 1 fully saturated rings. The molecule has 0 bridgehead atoms. The zero-order valence-corrected chi connectivity index (χ0v) is 11.7. The van der Waals surface area contributed by atoms with Gasteiger partial charge in [-0.1, -0.05) is 0 Å². The number of carbonyl (C=O) groups excluding carboxylic acids is 1. The van der Waals surface area contributed by atoms with E-state index in [0.29, 0.717) is 0 Å². The van der Waals surface area contributed by atoms with Gasteiger partial charge in [-0.25, -0.2) is 8.78 Å². The maximum atomic E-state index is 12.8. The fourth-order valence-electron chi connectivity index (χ4n) is 1.65. The molecule has 1 heterocycles. The minimum absolute atomic E-state index is 0. The van der Waals surface area contributed by atoms with Crippen LogP contribution in [0.1, 0.15) is 0 Å². The number of carbonyl (C=O) groups is 1. The van der Waals surface area contributed by atoms with Gasteiger partial charge in [0.25, 0.3) is 0 Å². The van der Waals surface area contributed by atoms with Crippen LogP contribution in [0.15, 0.2) is 0 Å². The number of hydrogen-bond acceptors (Lipinski definition) is 3. The Morgan fingerprint density at radius 3 is 2.00 bits per heavy atom. The van der Waals surface area contributed by atoms with Crippen LogP contribution < -0.4 is 5.73 Å². The number of piperazine rings is 1. The van der Waals surface area contributed by atoms with Crippen molar-refractivity contribution in [1.82, 2.24) is 9.80 Å². The molecule has 0 atom stereocenters. The normalized spacial score (nSPS) is 16.8. The van der Waals surface area contributed by atoms with E-state index in [9.17, 15) is 22.4 Å². The van der Waals surface area contributed by atoms with Gasteiger partial charge in [0, 0.05) is 26.2 Å². The van der Waals surface area contributed by atoms with Crippen LogP contribution in [0.25, 0.3) is 0 Å². The third kappa shape index (κ3) is 6.11. The highest BCUT2D eigenvalue weighted by atomic mass is 35.5. The predicted octanol–water partition coefficient (Wildman–Crippen LogP) is 0.833. The second kappa shape index (κ2) is 8.78. The molecule has 1 amide bonds.